The smallest absolute Gasteiger partial charge is 0.438 e. The average molecular weight is 1220 g/mol. The zero-order valence-electron chi connectivity index (χ0n) is 44.9. The van der Waals surface area contributed by atoms with Gasteiger partial charge in [0.25, 0.3) is 5.60 Å². The Morgan fingerprint density at radius 3 is 1.83 bits per heavy atom. The van der Waals surface area contributed by atoms with E-state index in [-0.39, 0.29) is 28.2 Å². The van der Waals surface area contributed by atoms with Crippen LogP contribution >= 0.6 is 39.1 Å². The molecule has 2 aliphatic carbocycles. The van der Waals surface area contributed by atoms with Gasteiger partial charge in [0.15, 0.2) is 0 Å². The lowest BCUT2D eigenvalue weighted by atomic mass is 9.81. The summed E-state index contributed by atoms with van der Waals surface area (Å²) in [6, 6.07) is 34.6. The lowest BCUT2D eigenvalue weighted by Crippen LogP contribution is -2.53. The van der Waals surface area contributed by atoms with Crippen molar-refractivity contribution in [2.45, 2.75) is 81.9 Å². The van der Waals surface area contributed by atoms with E-state index in [1.165, 1.54) is 12.1 Å². The minimum atomic E-state index is -4.87. The van der Waals surface area contributed by atoms with E-state index in [2.05, 4.69) is 70.6 Å². The molecule has 0 radical (unpaired) electrons. The quantitative estimate of drug-likeness (QED) is 0.0969. The highest BCUT2D eigenvalue weighted by Gasteiger charge is 2.62. The van der Waals surface area contributed by atoms with Gasteiger partial charge in [-0.25, -0.2) is 29.1 Å². The van der Waals surface area contributed by atoms with Gasteiger partial charge in [0.2, 0.25) is 0 Å². The highest BCUT2D eigenvalue weighted by atomic mass is 79.9. The third-order valence-electron chi connectivity index (χ3n) is 14.5. The van der Waals surface area contributed by atoms with Crippen LogP contribution in [-0.4, -0.2) is 57.0 Å². The Hall–Kier alpha value is -8.23. The number of alkyl halides is 3. The summed E-state index contributed by atoms with van der Waals surface area (Å²) in [5.74, 6) is 12.3. The molecule has 6 heterocycles. The Kier molecular flexibility index (Phi) is 15.2. The molecule has 5 amide bonds. The molecule has 2 aromatic heterocycles. The maximum atomic E-state index is 13.6. The number of hydrogen-bond acceptors (Lipinski definition) is 9. The van der Waals surface area contributed by atoms with Gasteiger partial charge in [-0.05, 0) is 150 Å². The van der Waals surface area contributed by atoms with Crippen molar-refractivity contribution in [1.82, 2.24) is 19.4 Å². The molecule has 420 valence electrons. The van der Waals surface area contributed by atoms with Crippen LogP contribution in [0.4, 0.5) is 55.1 Å². The molecule has 15 nitrogen and oxygen atoms in total. The second kappa shape index (κ2) is 21.9. The number of nitrogens with zero attached hydrogens (tertiary/aromatic N) is 4. The van der Waals surface area contributed by atoms with E-state index in [1.807, 2.05) is 130 Å². The predicted octanol–water partition coefficient (Wildman–Crippen LogP) is 15.2. The zero-order valence-corrected chi connectivity index (χ0v) is 48.0. The summed E-state index contributed by atoms with van der Waals surface area (Å²) in [5.41, 5.74) is 3.68. The second-order valence-corrected chi connectivity index (χ2v) is 22.9. The summed E-state index contributed by atoms with van der Waals surface area (Å²) in [4.78, 5) is 57.7. The van der Waals surface area contributed by atoms with Crippen LogP contribution in [0.2, 0.25) is 10.0 Å². The van der Waals surface area contributed by atoms with E-state index in [1.54, 1.807) is 24.2 Å². The van der Waals surface area contributed by atoms with Gasteiger partial charge in [-0.15, -0.1) is 0 Å². The van der Waals surface area contributed by atoms with Gasteiger partial charge >= 0.3 is 30.5 Å². The number of urea groups is 1. The lowest BCUT2D eigenvalue weighted by Gasteiger charge is -2.43. The molecule has 21 heteroatoms. The van der Waals surface area contributed by atoms with Gasteiger partial charge in [0.1, 0.15) is 28.3 Å². The van der Waals surface area contributed by atoms with Crippen LogP contribution in [0.5, 0.6) is 0 Å². The van der Waals surface area contributed by atoms with Gasteiger partial charge in [0.05, 0.1) is 28.1 Å². The monoisotopic (exact) mass is 1210 g/mol. The summed E-state index contributed by atoms with van der Waals surface area (Å²) >= 11 is 15.4. The highest BCUT2D eigenvalue weighted by Crippen LogP contribution is 2.53. The van der Waals surface area contributed by atoms with E-state index in [9.17, 15) is 32.3 Å². The Labute approximate surface area is 488 Å². The number of aromatic nitrogens is 3. The van der Waals surface area contributed by atoms with E-state index >= 15 is 0 Å². The summed E-state index contributed by atoms with van der Waals surface area (Å²) in [7, 11) is 3.78. The highest BCUT2D eigenvalue weighted by molar-refractivity contribution is 9.10. The Morgan fingerprint density at radius 1 is 0.646 bits per heavy atom. The van der Waals surface area contributed by atoms with Crippen molar-refractivity contribution >= 4 is 97.2 Å². The maximum absolute atomic E-state index is 13.6. The van der Waals surface area contributed by atoms with Gasteiger partial charge < -0.3 is 29.0 Å². The number of anilines is 4. The normalized spacial score (nSPS) is 20.3. The third kappa shape index (κ3) is 11.5. The molecule has 6 aliphatic rings. The van der Waals surface area contributed by atoms with Crippen LogP contribution in [-0.2, 0) is 43.6 Å². The molecule has 4 N–H and O–H groups in total. The largest absolute Gasteiger partial charge is 0.445 e. The Balaban J connectivity index is 0.000000124. The fourth-order valence-corrected chi connectivity index (χ4v) is 10.7. The number of imidazole rings is 1. The fourth-order valence-electron chi connectivity index (χ4n) is 10.0. The Bertz CT molecular complexity index is 3850. The molecule has 2 saturated carbocycles. The molecule has 2 unspecified atom stereocenters. The van der Waals surface area contributed by atoms with Crippen LogP contribution in [0.15, 0.2) is 126 Å². The number of cyclic esters (lactones) is 3. The van der Waals surface area contributed by atoms with Crippen LogP contribution < -0.4 is 21.3 Å². The van der Waals surface area contributed by atoms with E-state index in [0.717, 1.165) is 92.4 Å². The van der Waals surface area contributed by atoms with Crippen molar-refractivity contribution in [3.8, 4) is 35.1 Å². The molecule has 13 rings (SSSR count). The maximum Gasteiger partial charge on any atom is 0.445 e. The minimum absolute atomic E-state index is 0.00179. The van der Waals surface area contributed by atoms with Gasteiger partial charge in [-0.3, -0.25) is 16.0 Å². The first kappa shape index (κ1) is 57.0. The van der Waals surface area contributed by atoms with Crippen LogP contribution in [0.25, 0.3) is 22.4 Å². The zero-order chi connectivity index (χ0) is 58.5. The molecule has 7 aromatic rings. The molecule has 4 aliphatic heterocycles. The summed E-state index contributed by atoms with van der Waals surface area (Å²) in [6.45, 7) is 7.52. The number of fused-ring (bicyclic) bond motifs is 5. The number of halogens is 6. The molecular formula is C61H52BrCl2F3N8O7. The molecular weight excluding hydrogens is 1160 g/mol. The second-order valence-electron chi connectivity index (χ2n) is 21.1. The predicted molar refractivity (Wildman–Crippen MR) is 310 cm³/mol. The van der Waals surface area contributed by atoms with Crippen molar-refractivity contribution < 1.29 is 46.6 Å². The molecule has 2 fully saturated rings. The molecule has 0 saturated heterocycles. The topological polar surface area (TPSA) is 178 Å². The van der Waals surface area contributed by atoms with Crippen LogP contribution in [0.3, 0.4) is 0 Å². The van der Waals surface area contributed by atoms with Crippen LogP contribution in [0.1, 0.15) is 81.3 Å². The van der Waals surface area contributed by atoms with Crippen molar-refractivity contribution in [3.05, 3.63) is 164 Å². The number of amides is 5. The van der Waals surface area contributed by atoms with Crippen LogP contribution in [0, 0.1) is 35.5 Å². The van der Waals surface area contributed by atoms with Crippen molar-refractivity contribution in [2.75, 3.05) is 28.3 Å². The van der Waals surface area contributed by atoms with Gasteiger partial charge in [-0.1, -0.05) is 87.4 Å². The number of carbonyl (C=O) groups is 4. The standard InChI is InChI=1S/C19H16ClN3O.C18H17N3O2.C14H9ClF3NO2.C10H10BrNO2/c1-23-18(24)22-17-8-7-14(20)12-16(17)19(23,13-5-6-13)10-9-15-4-2-3-11-21-15;1-18(2)12-9-14-15(10-13(12)20-17(22)23-18)21(3)16(19-14)11-7-5-4-6-8-11;15-9-3-4-11-10(7-9)13(14(16,17)18,21-12(20)19-11)6-5-8-1-2-8;1-10(2)7-5-6(11)3-4-8(7)12-9(13)14-10/h2-4,7-8,11-13H,5-6H2,1H3,(H,22,24);4-10H,1-3H3,(H,20,22);3-4,7-8H,1-2H2,(H,19,20);3-5H,1-2H3,(H,12,13). The average Bonchev–Trinajstić information content (AvgIpc) is 3.46. The molecule has 0 spiro atoms. The number of rotatable bonds is 2. The van der Waals surface area contributed by atoms with Crippen molar-refractivity contribution in [2.24, 2.45) is 18.9 Å². The number of benzene rings is 5. The van der Waals surface area contributed by atoms with Crippen molar-refractivity contribution in [3.63, 3.8) is 0 Å². The SMILES string of the molecule is CC1(C)OC(=O)Nc2ccc(Br)cc21.CN1C(=O)Nc2ccc(Cl)cc2C1(C#Cc1ccccn1)C1CC1.Cn1c(-c2ccccc2)nc2cc3c(cc21)NC(=O)OC3(C)C.O=C1Nc2ccc(Cl)cc2C(C#CC2CC2)(C(F)(F)F)O1. The first-order valence-corrected chi connectivity index (χ1v) is 27.5. The van der Waals surface area contributed by atoms with Crippen molar-refractivity contribution in [1.29, 1.82) is 0 Å². The molecule has 82 heavy (non-hydrogen) atoms. The number of aryl methyl sites for hydroxylation is 1. The number of hydrogen-bond donors (Lipinski definition) is 4. The number of pyridine rings is 1. The number of carbonyl (C=O) groups excluding carboxylic acids is 4. The summed E-state index contributed by atoms with van der Waals surface area (Å²) in [5, 5.41) is 11.3. The van der Waals surface area contributed by atoms with E-state index in [4.69, 9.17) is 37.7 Å². The molecule has 2 atom stereocenters. The molecule has 0 bridgehead atoms. The minimum Gasteiger partial charge on any atom is -0.438 e. The van der Waals surface area contributed by atoms with E-state index < -0.39 is 46.8 Å². The first-order valence-electron chi connectivity index (χ1n) is 25.9. The molecule has 5 aromatic carbocycles. The summed E-state index contributed by atoms with van der Waals surface area (Å²) < 4.78 is 59.0. The third-order valence-corrected chi connectivity index (χ3v) is 15.4. The first-order chi connectivity index (χ1) is 38.9. The van der Waals surface area contributed by atoms with Gasteiger partial charge in [-0.2, -0.15) is 13.2 Å². The number of ether oxygens (including phenoxy) is 3. The number of nitrogens with one attached hydrogen (secondary N) is 4. The Morgan fingerprint density at radius 2 is 1.22 bits per heavy atom. The summed E-state index contributed by atoms with van der Waals surface area (Å²) in [6.07, 6.45) is -1.56. The lowest BCUT2D eigenvalue weighted by molar-refractivity contribution is -0.239. The van der Waals surface area contributed by atoms with E-state index in [0.29, 0.717) is 16.6 Å². The fraction of sp³-hybridized carbons (Fsp3) is 0.279. The van der Waals surface area contributed by atoms with Gasteiger partial charge in [0, 0.05) is 74.2 Å².